The molecule has 2 aliphatic heterocycles. The Hall–Kier alpha value is -1.84. The summed E-state index contributed by atoms with van der Waals surface area (Å²) < 4.78 is 0. The summed E-state index contributed by atoms with van der Waals surface area (Å²) >= 11 is 0. The number of nitrogens with zero attached hydrogens (tertiary/aromatic N) is 4. The summed E-state index contributed by atoms with van der Waals surface area (Å²) in [6.45, 7) is 2.14. The fourth-order valence-corrected chi connectivity index (χ4v) is 1.80. The second-order valence-electron chi connectivity index (χ2n) is 3.64. The van der Waals surface area contributed by atoms with Crippen LogP contribution in [0.4, 0.5) is 0 Å². The molecule has 2 aliphatic rings. The van der Waals surface area contributed by atoms with E-state index in [1.165, 1.54) is 0 Å². The minimum Gasteiger partial charge on any atom is -0.262 e. The van der Waals surface area contributed by atoms with Crippen LogP contribution in [0, 0.1) is 0 Å². The van der Waals surface area contributed by atoms with Gasteiger partial charge in [-0.1, -0.05) is 13.3 Å². The number of hydrogen-bond donors (Lipinski definition) is 0. The van der Waals surface area contributed by atoms with Crippen molar-refractivity contribution in [3.63, 3.8) is 0 Å². The lowest BCUT2D eigenvalue weighted by atomic mass is 10.1. The van der Waals surface area contributed by atoms with Crippen LogP contribution in [0.3, 0.4) is 0 Å². The molecule has 1 aromatic rings. The predicted octanol–water partition coefficient (Wildman–Crippen LogP) is 0.389. The van der Waals surface area contributed by atoms with Crippen molar-refractivity contribution in [3.8, 4) is 0 Å². The van der Waals surface area contributed by atoms with Gasteiger partial charge in [-0.2, -0.15) is 5.10 Å². The van der Waals surface area contributed by atoms with Crippen LogP contribution in [0.1, 0.15) is 31.0 Å². The van der Waals surface area contributed by atoms with Gasteiger partial charge in [0.25, 0.3) is 0 Å². The van der Waals surface area contributed by atoms with Crippen LogP contribution in [0.2, 0.25) is 0 Å². The topological polar surface area (TPSA) is 50.0 Å². The largest absolute Gasteiger partial charge is 0.262 e. The van der Waals surface area contributed by atoms with E-state index in [9.17, 15) is 0 Å². The zero-order valence-electron chi connectivity index (χ0n) is 8.44. The molecule has 0 unspecified atom stereocenters. The molecule has 74 valence electrons. The lowest BCUT2D eigenvalue weighted by molar-refractivity contribution is 0.988. The zero-order valence-corrected chi connectivity index (χ0v) is 8.44. The number of pyridine rings is 1. The molecule has 0 spiro atoms. The first-order chi connectivity index (χ1) is 7.38. The molecule has 4 heteroatoms. The van der Waals surface area contributed by atoms with Gasteiger partial charge in [-0.3, -0.25) is 4.99 Å². The van der Waals surface area contributed by atoms with Crippen molar-refractivity contribution in [2.75, 3.05) is 0 Å². The maximum Gasteiger partial charge on any atom is 0.184 e. The third-order valence-corrected chi connectivity index (χ3v) is 2.54. The van der Waals surface area contributed by atoms with E-state index in [1.807, 2.05) is 6.20 Å². The summed E-state index contributed by atoms with van der Waals surface area (Å²) in [5.74, 6) is 0. The van der Waals surface area contributed by atoms with Gasteiger partial charge in [-0.15, -0.1) is 5.10 Å². The smallest absolute Gasteiger partial charge is 0.184 e. The molecule has 0 radical (unpaired) electrons. The maximum atomic E-state index is 4.40. The summed E-state index contributed by atoms with van der Waals surface area (Å²) in [5, 5.41) is 9.30. The lowest BCUT2D eigenvalue weighted by Crippen LogP contribution is -2.23. The second kappa shape index (κ2) is 3.08. The summed E-state index contributed by atoms with van der Waals surface area (Å²) in [6.07, 6.45) is 5.61. The molecule has 3 rings (SSSR count). The molecule has 4 nitrogen and oxygen atoms in total. The van der Waals surface area contributed by atoms with E-state index >= 15 is 0 Å². The molecule has 0 N–H and O–H groups in total. The standard InChI is InChI=1S/C11H10N4/c1-2-3-9-8-4-7-5-12-6-10(7)13-11(8)15-14-9/h4-6H,2-3H2,1H3. The Bertz CT molecular complexity index is 596. The molecule has 0 saturated carbocycles. The third-order valence-electron chi connectivity index (χ3n) is 2.54. The van der Waals surface area contributed by atoms with Crippen LogP contribution in [0.15, 0.2) is 21.3 Å². The second-order valence-corrected chi connectivity index (χ2v) is 3.64. The van der Waals surface area contributed by atoms with E-state index in [2.05, 4.69) is 33.2 Å². The van der Waals surface area contributed by atoms with Crippen molar-refractivity contribution in [3.05, 3.63) is 28.0 Å². The van der Waals surface area contributed by atoms with Crippen LogP contribution in [0.5, 0.6) is 0 Å². The molecule has 15 heavy (non-hydrogen) atoms. The summed E-state index contributed by atoms with van der Waals surface area (Å²) in [5.41, 5.74) is 3.74. The summed E-state index contributed by atoms with van der Waals surface area (Å²) in [7, 11) is 0. The Morgan fingerprint density at radius 1 is 1.27 bits per heavy atom. The van der Waals surface area contributed by atoms with E-state index in [4.69, 9.17) is 0 Å². The van der Waals surface area contributed by atoms with Gasteiger partial charge in [0.2, 0.25) is 0 Å². The molecular formula is C11H10N4. The average Bonchev–Trinajstić information content (AvgIpc) is 2.82. The van der Waals surface area contributed by atoms with Crippen molar-refractivity contribution < 1.29 is 0 Å². The van der Waals surface area contributed by atoms with Gasteiger partial charge in [0, 0.05) is 17.0 Å². The third kappa shape index (κ3) is 1.21. The first-order valence-electron chi connectivity index (χ1n) is 5.08. The molecule has 0 aliphatic carbocycles. The Morgan fingerprint density at radius 2 is 2.20 bits per heavy atom. The molecule has 0 atom stereocenters. The van der Waals surface area contributed by atoms with Crippen LogP contribution < -0.4 is 10.7 Å². The fourth-order valence-electron chi connectivity index (χ4n) is 1.80. The number of aromatic nitrogens is 1. The van der Waals surface area contributed by atoms with Gasteiger partial charge in [0.15, 0.2) is 5.49 Å². The van der Waals surface area contributed by atoms with Gasteiger partial charge >= 0.3 is 0 Å². The highest BCUT2D eigenvalue weighted by molar-refractivity contribution is 6.01. The van der Waals surface area contributed by atoms with Crippen molar-refractivity contribution in [1.29, 1.82) is 0 Å². The number of fused-ring (bicyclic) bond motifs is 2. The highest BCUT2D eigenvalue weighted by Gasteiger charge is 2.14. The minimum absolute atomic E-state index is 0.735. The monoisotopic (exact) mass is 198 g/mol. The minimum atomic E-state index is 0.735. The van der Waals surface area contributed by atoms with E-state index < -0.39 is 0 Å². The Balaban J connectivity index is 2.17. The first kappa shape index (κ1) is 8.47. The molecular weight excluding hydrogens is 188 g/mol. The summed E-state index contributed by atoms with van der Waals surface area (Å²) in [6, 6.07) is 2.08. The number of hydrogen-bond acceptors (Lipinski definition) is 4. The van der Waals surface area contributed by atoms with Crippen LogP contribution >= 0.6 is 0 Å². The highest BCUT2D eigenvalue weighted by Crippen LogP contribution is 2.06. The average molecular weight is 198 g/mol. The maximum absolute atomic E-state index is 4.40. The van der Waals surface area contributed by atoms with Crippen molar-refractivity contribution in [2.24, 2.45) is 15.2 Å². The van der Waals surface area contributed by atoms with Crippen molar-refractivity contribution in [2.45, 2.75) is 19.8 Å². The van der Waals surface area contributed by atoms with E-state index in [1.54, 1.807) is 6.21 Å². The van der Waals surface area contributed by atoms with Gasteiger partial charge < -0.3 is 0 Å². The first-order valence-corrected chi connectivity index (χ1v) is 5.08. The van der Waals surface area contributed by atoms with E-state index in [0.717, 1.165) is 40.5 Å². The number of aliphatic imine (C=N–C) groups is 1. The van der Waals surface area contributed by atoms with E-state index in [0.29, 0.717) is 0 Å². The fraction of sp³-hybridized carbons (Fsp3) is 0.273. The van der Waals surface area contributed by atoms with Crippen molar-refractivity contribution in [1.82, 2.24) is 4.98 Å². The van der Waals surface area contributed by atoms with Gasteiger partial charge in [0.1, 0.15) is 0 Å². The number of rotatable bonds is 2. The van der Waals surface area contributed by atoms with Crippen LogP contribution in [-0.4, -0.2) is 16.9 Å². The lowest BCUT2D eigenvalue weighted by Gasteiger charge is -1.98. The van der Waals surface area contributed by atoms with Crippen molar-refractivity contribution >= 4 is 18.1 Å². The summed E-state index contributed by atoms with van der Waals surface area (Å²) in [4.78, 5) is 8.47. The molecule has 0 fully saturated rings. The van der Waals surface area contributed by atoms with Gasteiger partial charge in [-0.05, 0) is 12.5 Å². The molecule has 0 aromatic carbocycles. The normalized spacial score (nSPS) is 15.4. The van der Waals surface area contributed by atoms with Crippen LogP contribution in [-0.2, 0) is 0 Å². The van der Waals surface area contributed by atoms with Crippen LogP contribution in [0.25, 0.3) is 6.20 Å². The Kier molecular flexibility index (Phi) is 1.74. The van der Waals surface area contributed by atoms with Gasteiger partial charge in [-0.25, -0.2) is 4.98 Å². The molecule has 3 heterocycles. The Labute approximate surface area is 86.8 Å². The molecule has 0 saturated heterocycles. The predicted molar refractivity (Wildman–Crippen MR) is 58.5 cm³/mol. The quantitative estimate of drug-likeness (QED) is 0.678. The molecule has 0 amide bonds. The molecule has 1 aromatic heterocycles. The highest BCUT2D eigenvalue weighted by atomic mass is 15.2. The molecule has 0 bridgehead atoms. The zero-order chi connectivity index (χ0) is 10.3. The Morgan fingerprint density at radius 3 is 3.07 bits per heavy atom. The van der Waals surface area contributed by atoms with E-state index in [-0.39, 0.29) is 0 Å². The SMILES string of the molecule is CCCC1=NN=c2nc3c(cc21)=CN=C3. The van der Waals surface area contributed by atoms with Gasteiger partial charge in [0.05, 0.1) is 17.6 Å².